The number of aromatic nitrogens is 2. The lowest BCUT2D eigenvalue weighted by molar-refractivity contribution is 0.435. The maximum Gasteiger partial charge on any atom is 0.217 e. The molecule has 5 heteroatoms. The van der Waals surface area contributed by atoms with Gasteiger partial charge in [-0.2, -0.15) is 5.10 Å². The zero-order valence-electron chi connectivity index (χ0n) is 11.9. The van der Waals surface area contributed by atoms with Crippen molar-refractivity contribution in [3.05, 3.63) is 53.7 Å². The van der Waals surface area contributed by atoms with E-state index in [9.17, 15) is 0 Å². The Morgan fingerprint density at radius 3 is 2.52 bits per heavy atom. The number of nitrogens with zero attached hydrogens (tertiary/aromatic N) is 2. The molecule has 0 aliphatic rings. The van der Waals surface area contributed by atoms with E-state index in [1.165, 1.54) is 0 Å². The first-order valence-electron chi connectivity index (χ1n) is 6.61. The maximum absolute atomic E-state index is 7.67. The fourth-order valence-electron chi connectivity index (χ4n) is 2.39. The van der Waals surface area contributed by atoms with E-state index in [1.54, 1.807) is 4.68 Å². The summed E-state index contributed by atoms with van der Waals surface area (Å²) in [7, 11) is 1.84. The van der Waals surface area contributed by atoms with Gasteiger partial charge in [0.2, 0.25) is 5.88 Å². The molecule has 0 unspecified atom stereocenters. The van der Waals surface area contributed by atoms with Gasteiger partial charge in [0.05, 0.1) is 5.69 Å². The lowest BCUT2D eigenvalue weighted by Gasteiger charge is -2.11. The lowest BCUT2D eigenvalue weighted by Crippen LogP contribution is -2.11. The van der Waals surface area contributed by atoms with Crippen LogP contribution < -0.4 is 10.5 Å². The topological polar surface area (TPSA) is 76.9 Å². The molecule has 2 aromatic carbocycles. The van der Waals surface area contributed by atoms with Crippen molar-refractivity contribution in [3.8, 4) is 11.6 Å². The van der Waals surface area contributed by atoms with Gasteiger partial charge in [-0.3, -0.25) is 5.41 Å². The third-order valence-corrected chi connectivity index (χ3v) is 3.35. The predicted molar refractivity (Wildman–Crippen MR) is 83.0 cm³/mol. The molecule has 106 valence electrons. The SMILES string of the molecule is Cc1cc(Oc2ccc(C(=N)N)c3ccccc23)n(C)n1. The average Bonchev–Trinajstić information content (AvgIpc) is 2.77. The molecule has 0 atom stereocenters. The van der Waals surface area contributed by atoms with Crippen molar-refractivity contribution >= 4 is 16.6 Å². The Balaban J connectivity index is 2.14. The Morgan fingerprint density at radius 2 is 1.90 bits per heavy atom. The molecule has 0 amide bonds. The molecule has 0 saturated heterocycles. The molecule has 0 aliphatic carbocycles. The van der Waals surface area contributed by atoms with E-state index in [1.807, 2.05) is 56.4 Å². The van der Waals surface area contributed by atoms with Gasteiger partial charge in [-0.25, -0.2) is 4.68 Å². The van der Waals surface area contributed by atoms with Gasteiger partial charge in [0.1, 0.15) is 11.6 Å². The van der Waals surface area contributed by atoms with E-state index in [2.05, 4.69) is 5.10 Å². The molecule has 0 spiro atoms. The van der Waals surface area contributed by atoms with Gasteiger partial charge in [-0.1, -0.05) is 24.3 Å². The number of ether oxygens (including phenoxy) is 1. The Labute approximate surface area is 122 Å². The van der Waals surface area contributed by atoms with Crippen LogP contribution in [0.4, 0.5) is 0 Å². The Hall–Kier alpha value is -2.82. The van der Waals surface area contributed by atoms with Crippen LogP contribution in [0.1, 0.15) is 11.3 Å². The number of rotatable bonds is 3. The minimum absolute atomic E-state index is 0.0501. The number of nitrogen functional groups attached to an aromatic ring is 1. The van der Waals surface area contributed by atoms with Crippen LogP contribution in [0.15, 0.2) is 42.5 Å². The van der Waals surface area contributed by atoms with Gasteiger partial charge in [0, 0.05) is 24.1 Å². The number of fused-ring (bicyclic) bond motifs is 1. The Bertz CT molecular complexity index is 835. The van der Waals surface area contributed by atoms with Crippen molar-refractivity contribution in [2.45, 2.75) is 6.92 Å². The van der Waals surface area contributed by atoms with E-state index >= 15 is 0 Å². The molecule has 3 N–H and O–H groups in total. The second kappa shape index (κ2) is 4.94. The molecular formula is C16H16N4O. The van der Waals surface area contributed by atoms with Gasteiger partial charge < -0.3 is 10.5 Å². The fraction of sp³-hybridized carbons (Fsp3) is 0.125. The summed E-state index contributed by atoms with van der Waals surface area (Å²) in [4.78, 5) is 0. The first-order chi connectivity index (χ1) is 10.1. The van der Waals surface area contributed by atoms with Crippen molar-refractivity contribution in [1.29, 1.82) is 5.41 Å². The highest BCUT2D eigenvalue weighted by Gasteiger charge is 2.11. The highest BCUT2D eigenvalue weighted by molar-refractivity contribution is 6.09. The summed E-state index contributed by atoms with van der Waals surface area (Å²) in [5.41, 5.74) is 7.25. The molecule has 21 heavy (non-hydrogen) atoms. The molecule has 0 aliphatic heterocycles. The Kier molecular flexibility index (Phi) is 3.10. The van der Waals surface area contributed by atoms with Crippen LogP contribution in [-0.2, 0) is 7.05 Å². The van der Waals surface area contributed by atoms with E-state index < -0.39 is 0 Å². The van der Waals surface area contributed by atoms with Crippen molar-refractivity contribution < 1.29 is 4.74 Å². The number of hydrogen-bond acceptors (Lipinski definition) is 3. The number of benzene rings is 2. The van der Waals surface area contributed by atoms with Crippen LogP contribution in [0, 0.1) is 12.3 Å². The minimum Gasteiger partial charge on any atom is -0.439 e. The normalized spacial score (nSPS) is 10.8. The molecule has 3 aromatic rings. The number of nitrogens with one attached hydrogen (secondary N) is 1. The monoisotopic (exact) mass is 280 g/mol. The number of amidine groups is 1. The van der Waals surface area contributed by atoms with E-state index in [0.717, 1.165) is 22.2 Å². The first kappa shape index (κ1) is 13.2. The van der Waals surface area contributed by atoms with Crippen molar-refractivity contribution in [1.82, 2.24) is 9.78 Å². The third-order valence-electron chi connectivity index (χ3n) is 3.35. The van der Waals surface area contributed by atoms with Crippen LogP contribution in [-0.4, -0.2) is 15.6 Å². The van der Waals surface area contributed by atoms with Gasteiger partial charge in [0.25, 0.3) is 0 Å². The van der Waals surface area contributed by atoms with Crippen LogP contribution in [0.5, 0.6) is 11.6 Å². The Morgan fingerprint density at radius 1 is 1.19 bits per heavy atom. The van der Waals surface area contributed by atoms with E-state index in [-0.39, 0.29) is 5.84 Å². The van der Waals surface area contributed by atoms with Gasteiger partial charge in [-0.15, -0.1) is 0 Å². The molecule has 1 aromatic heterocycles. The summed E-state index contributed by atoms with van der Waals surface area (Å²) >= 11 is 0. The quantitative estimate of drug-likeness (QED) is 0.572. The molecule has 5 nitrogen and oxygen atoms in total. The largest absolute Gasteiger partial charge is 0.439 e. The smallest absolute Gasteiger partial charge is 0.217 e. The zero-order chi connectivity index (χ0) is 15.0. The summed E-state index contributed by atoms with van der Waals surface area (Å²) in [5.74, 6) is 1.45. The zero-order valence-corrected chi connectivity index (χ0v) is 11.9. The van der Waals surface area contributed by atoms with Crippen LogP contribution in [0.3, 0.4) is 0 Å². The first-order valence-corrected chi connectivity index (χ1v) is 6.61. The highest BCUT2D eigenvalue weighted by atomic mass is 16.5. The highest BCUT2D eigenvalue weighted by Crippen LogP contribution is 2.32. The lowest BCUT2D eigenvalue weighted by atomic mass is 10.0. The van der Waals surface area contributed by atoms with Gasteiger partial charge >= 0.3 is 0 Å². The summed E-state index contributed by atoms with van der Waals surface area (Å²) in [6.07, 6.45) is 0. The second-order valence-corrected chi connectivity index (χ2v) is 4.92. The van der Waals surface area contributed by atoms with E-state index in [0.29, 0.717) is 11.4 Å². The number of hydrogen-bond donors (Lipinski definition) is 2. The van der Waals surface area contributed by atoms with E-state index in [4.69, 9.17) is 15.9 Å². The maximum atomic E-state index is 7.67. The van der Waals surface area contributed by atoms with Crippen molar-refractivity contribution in [3.63, 3.8) is 0 Å². The molecule has 3 rings (SSSR count). The molecule has 0 bridgehead atoms. The van der Waals surface area contributed by atoms with Crippen molar-refractivity contribution in [2.75, 3.05) is 0 Å². The minimum atomic E-state index is 0.0501. The molecule has 0 fully saturated rings. The molecule has 0 saturated carbocycles. The predicted octanol–water partition coefficient (Wildman–Crippen LogP) is 2.96. The third kappa shape index (κ3) is 2.33. The van der Waals surface area contributed by atoms with Gasteiger partial charge in [0.15, 0.2) is 0 Å². The van der Waals surface area contributed by atoms with Crippen molar-refractivity contribution in [2.24, 2.45) is 12.8 Å². The fourth-order valence-corrected chi connectivity index (χ4v) is 2.39. The van der Waals surface area contributed by atoms with Crippen LogP contribution >= 0.6 is 0 Å². The number of aryl methyl sites for hydroxylation is 2. The number of nitrogens with two attached hydrogens (primary N) is 1. The van der Waals surface area contributed by atoms with Crippen LogP contribution in [0.25, 0.3) is 10.8 Å². The van der Waals surface area contributed by atoms with Crippen LogP contribution in [0.2, 0.25) is 0 Å². The summed E-state index contributed by atoms with van der Waals surface area (Å²) in [5, 5.41) is 13.8. The summed E-state index contributed by atoms with van der Waals surface area (Å²) < 4.78 is 7.66. The average molecular weight is 280 g/mol. The summed E-state index contributed by atoms with van der Waals surface area (Å²) in [6, 6.07) is 13.3. The summed E-state index contributed by atoms with van der Waals surface area (Å²) in [6.45, 7) is 1.92. The second-order valence-electron chi connectivity index (χ2n) is 4.92. The molecular weight excluding hydrogens is 264 g/mol. The molecule has 1 heterocycles. The standard InChI is InChI=1S/C16H16N4O/c1-10-9-15(20(2)19-10)21-14-8-7-13(16(17)18)11-5-3-4-6-12(11)14/h3-9H,1-2H3,(H3,17,18). The molecule has 0 radical (unpaired) electrons. The van der Waals surface area contributed by atoms with Gasteiger partial charge in [-0.05, 0) is 24.4 Å².